The van der Waals surface area contributed by atoms with Gasteiger partial charge in [-0.15, -0.1) is 0 Å². The predicted molar refractivity (Wildman–Crippen MR) is 218 cm³/mol. The molecule has 1 saturated carbocycles. The van der Waals surface area contributed by atoms with Crippen molar-refractivity contribution in [1.82, 2.24) is 15.7 Å². The molecule has 16 heteroatoms. The quantitative estimate of drug-likeness (QED) is 0.0606. The second-order valence-electron chi connectivity index (χ2n) is 17.5. The van der Waals surface area contributed by atoms with Crippen LogP contribution in [0.15, 0.2) is 30.5 Å². The van der Waals surface area contributed by atoms with E-state index in [1.54, 1.807) is 26.8 Å². The van der Waals surface area contributed by atoms with Crippen molar-refractivity contribution in [2.24, 2.45) is 5.41 Å². The van der Waals surface area contributed by atoms with Crippen molar-refractivity contribution in [2.75, 3.05) is 19.8 Å². The van der Waals surface area contributed by atoms with E-state index in [0.717, 1.165) is 49.7 Å². The summed E-state index contributed by atoms with van der Waals surface area (Å²) in [5.74, 6) is -3.68. The van der Waals surface area contributed by atoms with Crippen molar-refractivity contribution in [3.8, 4) is 0 Å². The predicted octanol–water partition coefficient (Wildman–Crippen LogP) is 3.57. The maximum atomic E-state index is 15.1. The summed E-state index contributed by atoms with van der Waals surface area (Å²) in [6.07, 6.45) is 5.13. The van der Waals surface area contributed by atoms with Crippen LogP contribution in [0.3, 0.4) is 0 Å². The summed E-state index contributed by atoms with van der Waals surface area (Å²) >= 11 is 0. The number of unbranched alkanes of at least 4 members (excludes halogenated alkanes) is 4. The van der Waals surface area contributed by atoms with Crippen LogP contribution in [0, 0.1) is 5.41 Å². The van der Waals surface area contributed by atoms with Crippen LogP contribution in [0.4, 0.5) is 0 Å². The van der Waals surface area contributed by atoms with Gasteiger partial charge in [-0.05, 0) is 64.2 Å². The van der Waals surface area contributed by atoms with Gasteiger partial charge in [0.1, 0.15) is 48.1 Å². The SMILES string of the molecule is CCCCCC1(CCCCC)O[C@@H]2[C@H]3ON(Cc4ccccc4C=COCCO)[C@H]4C(=O)OC(CC34C(=O)N[C@@H](C(=O)N[C@H](CO)CCC(=O)OC(C)(C)C)[C@H](C)O)[C@@H]2O1. The van der Waals surface area contributed by atoms with Crippen LogP contribution in [0.1, 0.15) is 123 Å². The third-order valence-corrected chi connectivity index (χ3v) is 11.7. The number of benzene rings is 1. The van der Waals surface area contributed by atoms with Crippen LogP contribution in [0.25, 0.3) is 6.08 Å². The van der Waals surface area contributed by atoms with E-state index in [1.807, 2.05) is 24.3 Å². The van der Waals surface area contributed by atoms with E-state index in [4.69, 9.17) is 33.6 Å². The number of carbonyl (C=O) groups excluding carboxylic acids is 4. The number of aliphatic hydroxyl groups is 3. The maximum Gasteiger partial charge on any atom is 0.327 e. The molecule has 1 aliphatic carbocycles. The second kappa shape index (κ2) is 21.0. The molecule has 3 heterocycles. The first-order chi connectivity index (χ1) is 28.6. The molecule has 336 valence electrons. The molecule has 16 nitrogen and oxygen atoms in total. The Morgan fingerprint density at radius 2 is 1.70 bits per heavy atom. The number of ether oxygens (including phenoxy) is 5. The fourth-order valence-electron chi connectivity index (χ4n) is 8.81. The Hall–Kier alpha value is -3.64. The second-order valence-corrected chi connectivity index (χ2v) is 17.5. The van der Waals surface area contributed by atoms with Crippen LogP contribution in [0.5, 0.6) is 0 Å². The molecule has 4 aliphatic rings. The molecule has 0 radical (unpaired) electrons. The molecule has 5 rings (SSSR count). The minimum absolute atomic E-state index is 0.000778. The van der Waals surface area contributed by atoms with E-state index in [0.29, 0.717) is 12.8 Å². The summed E-state index contributed by atoms with van der Waals surface area (Å²) < 4.78 is 30.7. The number of esters is 2. The van der Waals surface area contributed by atoms with E-state index in [9.17, 15) is 24.6 Å². The normalized spacial score (nSPS) is 27.1. The lowest BCUT2D eigenvalue weighted by Crippen LogP contribution is -2.71. The largest absolute Gasteiger partial charge is 0.499 e. The zero-order valence-corrected chi connectivity index (χ0v) is 36.1. The van der Waals surface area contributed by atoms with Crippen molar-refractivity contribution in [1.29, 1.82) is 0 Å². The summed E-state index contributed by atoms with van der Waals surface area (Å²) in [7, 11) is 0. The Morgan fingerprint density at radius 3 is 2.33 bits per heavy atom. The van der Waals surface area contributed by atoms with E-state index in [-0.39, 0.29) is 39.0 Å². The maximum absolute atomic E-state index is 15.1. The number of fused-ring (bicyclic) bond motifs is 4. The summed E-state index contributed by atoms with van der Waals surface area (Å²) in [5, 5.41) is 37.1. The molecule has 2 amide bonds. The zero-order chi connectivity index (χ0) is 43.7. The van der Waals surface area contributed by atoms with Crippen LogP contribution in [-0.4, -0.2) is 124 Å². The highest BCUT2D eigenvalue weighted by atomic mass is 16.8. The first kappa shape index (κ1) is 47.4. The highest BCUT2D eigenvalue weighted by Crippen LogP contribution is 2.58. The molecule has 3 aliphatic heterocycles. The Balaban J connectivity index is 1.48. The Kier molecular flexibility index (Phi) is 16.6. The number of nitrogens with zero attached hydrogens (tertiary/aromatic N) is 1. The Labute approximate surface area is 353 Å². The van der Waals surface area contributed by atoms with Gasteiger partial charge in [0.25, 0.3) is 0 Å². The fraction of sp³-hybridized carbons (Fsp3) is 0.727. The van der Waals surface area contributed by atoms with Crippen molar-refractivity contribution < 1.29 is 63.0 Å². The van der Waals surface area contributed by atoms with Gasteiger partial charge in [-0.1, -0.05) is 63.8 Å². The van der Waals surface area contributed by atoms with Crippen molar-refractivity contribution in [3.05, 3.63) is 41.7 Å². The van der Waals surface area contributed by atoms with Crippen LogP contribution < -0.4 is 10.6 Å². The van der Waals surface area contributed by atoms with Crippen molar-refractivity contribution in [3.63, 3.8) is 0 Å². The average molecular weight is 846 g/mol. The minimum Gasteiger partial charge on any atom is -0.499 e. The summed E-state index contributed by atoms with van der Waals surface area (Å²) in [5.41, 5.74) is -0.880. The molecule has 60 heavy (non-hydrogen) atoms. The van der Waals surface area contributed by atoms with Crippen LogP contribution in [0.2, 0.25) is 0 Å². The third-order valence-electron chi connectivity index (χ3n) is 11.7. The standard InChI is InChI=1S/C44H67N3O13/c1-7-9-13-20-43(21-14-10-8-2)58-35-32-25-44(41(54)46-34(28(3)50)39(52)45-31(27-49)17-18-33(51)57-42(4,5)6)37(40(53)56-32)47(60-38(44)36(35)59-43)26-30-16-12-11-15-29(30)19-23-55-24-22-48/h11-12,15-16,19,23,28,31-32,34-38,48-50H,7-10,13-14,17-18,20-22,24-27H2,1-6H3,(H,45,52)(H,46,54)/t28-,31-,32?,34+,35-,36-,37-,38+,44?/m0/s1. The number of rotatable bonds is 23. The van der Waals surface area contributed by atoms with Gasteiger partial charge in [0, 0.05) is 25.7 Å². The minimum atomic E-state index is -1.65. The van der Waals surface area contributed by atoms with E-state index in [1.165, 1.54) is 18.2 Å². The van der Waals surface area contributed by atoms with E-state index < -0.39 is 95.8 Å². The lowest BCUT2D eigenvalue weighted by Gasteiger charge is -2.49. The summed E-state index contributed by atoms with van der Waals surface area (Å²) in [6, 6.07) is 3.72. The van der Waals surface area contributed by atoms with Gasteiger partial charge in [-0.25, -0.2) is 0 Å². The highest BCUT2D eigenvalue weighted by Gasteiger charge is 2.76. The van der Waals surface area contributed by atoms with Crippen LogP contribution in [-0.2, 0) is 54.2 Å². The lowest BCUT2D eigenvalue weighted by molar-refractivity contribution is -0.224. The molecule has 4 fully saturated rings. The number of amides is 2. The first-order valence-corrected chi connectivity index (χ1v) is 21.7. The van der Waals surface area contributed by atoms with Gasteiger partial charge in [0.15, 0.2) is 11.8 Å². The summed E-state index contributed by atoms with van der Waals surface area (Å²) in [4.78, 5) is 62.5. The van der Waals surface area contributed by atoms with E-state index in [2.05, 4.69) is 24.5 Å². The molecule has 2 unspecified atom stereocenters. The summed E-state index contributed by atoms with van der Waals surface area (Å²) in [6.45, 7) is 10.3. The molecule has 9 atom stereocenters. The van der Waals surface area contributed by atoms with Gasteiger partial charge >= 0.3 is 11.9 Å². The van der Waals surface area contributed by atoms with Gasteiger partial charge in [-0.3, -0.25) is 24.0 Å². The number of hydrogen-bond donors (Lipinski definition) is 5. The number of aliphatic hydroxyl groups excluding tert-OH is 3. The first-order valence-electron chi connectivity index (χ1n) is 21.7. The number of nitrogens with one attached hydrogen (secondary N) is 2. The van der Waals surface area contributed by atoms with Gasteiger partial charge < -0.3 is 49.6 Å². The molecule has 1 aromatic rings. The number of carbonyl (C=O) groups is 4. The number of hydroxylamine groups is 2. The molecule has 3 saturated heterocycles. The molecular weight excluding hydrogens is 778 g/mol. The molecule has 2 bridgehead atoms. The molecule has 1 aromatic carbocycles. The molecule has 5 N–H and O–H groups in total. The van der Waals surface area contributed by atoms with Gasteiger partial charge in [-0.2, -0.15) is 5.06 Å². The van der Waals surface area contributed by atoms with Crippen molar-refractivity contribution >= 4 is 29.8 Å². The molecule has 0 spiro atoms. The smallest absolute Gasteiger partial charge is 0.327 e. The monoisotopic (exact) mass is 845 g/mol. The highest BCUT2D eigenvalue weighted by molar-refractivity contribution is 5.96. The number of hydrogen-bond acceptors (Lipinski definition) is 14. The fourth-order valence-corrected chi connectivity index (χ4v) is 8.81. The molecule has 0 aromatic heterocycles. The van der Waals surface area contributed by atoms with E-state index >= 15 is 4.79 Å². The lowest BCUT2D eigenvalue weighted by atomic mass is 9.62. The van der Waals surface area contributed by atoms with Crippen LogP contribution >= 0.6 is 0 Å². The Morgan fingerprint density at radius 1 is 1.02 bits per heavy atom. The molecular formula is C44H67N3O13. The van der Waals surface area contributed by atoms with Gasteiger partial charge in [0.2, 0.25) is 11.8 Å². The topological polar surface area (TPSA) is 212 Å². The average Bonchev–Trinajstić information content (AvgIpc) is 3.75. The van der Waals surface area contributed by atoms with Gasteiger partial charge in [0.05, 0.1) is 38.2 Å². The Bertz CT molecular complexity index is 1640. The van der Waals surface area contributed by atoms with Crippen molar-refractivity contribution in [2.45, 2.75) is 179 Å². The third kappa shape index (κ3) is 11.0. The zero-order valence-electron chi connectivity index (χ0n) is 36.1.